The molecular formula is C12H12ClN3O. The summed E-state index contributed by atoms with van der Waals surface area (Å²) in [4.78, 5) is 17.9. The van der Waals surface area contributed by atoms with E-state index in [2.05, 4.69) is 4.98 Å². The maximum Gasteiger partial charge on any atom is 0.272 e. The van der Waals surface area contributed by atoms with Gasteiger partial charge in [-0.25, -0.2) is 4.98 Å². The van der Waals surface area contributed by atoms with Crippen molar-refractivity contribution >= 4 is 17.5 Å². The number of carbonyl (C=O) groups excluding carboxylic acids is 1. The molecule has 0 aliphatic carbocycles. The van der Waals surface area contributed by atoms with Crippen LogP contribution in [0.15, 0.2) is 18.3 Å². The van der Waals surface area contributed by atoms with Crippen molar-refractivity contribution < 1.29 is 4.79 Å². The van der Waals surface area contributed by atoms with E-state index in [0.29, 0.717) is 17.1 Å². The number of amides is 1. The number of aromatic nitrogens is 1. The molecular weight excluding hydrogens is 238 g/mol. The summed E-state index contributed by atoms with van der Waals surface area (Å²) in [6.45, 7) is 0.734. The molecule has 1 saturated heterocycles. The summed E-state index contributed by atoms with van der Waals surface area (Å²) in [6.07, 6.45) is 3.35. The van der Waals surface area contributed by atoms with Crippen LogP contribution in [0.4, 0.5) is 0 Å². The highest BCUT2D eigenvalue weighted by molar-refractivity contribution is 6.18. The van der Waals surface area contributed by atoms with Crippen molar-refractivity contribution in [3.63, 3.8) is 0 Å². The number of halogens is 1. The molecule has 1 amide bonds. The second-order valence-corrected chi connectivity index (χ2v) is 4.30. The fraction of sp³-hybridized carbons (Fsp3) is 0.417. The van der Waals surface area contributed by atoms with Gasteiger partial charge in [-0.2, -0.15) is 5.26 Å². The number of hydrogen-bond donors (Lipinski definition) is 0. The van der Waals surface area contributed by atoms with Gasteiger partial charge in [0.25, 0.3) is 5.91 Å². The summed E-state index contributed by atoms with van der Waals surface area (Å²) in [5.41, 5.74) is 0.831. The predicted octanol–water partition coefficient (Wildman–Crippen LogP) is 1.80. The van der Waals surface area contributed by atoms with Crippen molar-refractivity contribution in [2.24, 2.45) is 0 Å². The minimum atomic E-state index is -0.0994. The molecule has 0 spiro atoms. The van der Waals surface area contributed by atoms with Crippen LogP contribution in [0.3, 0.4) is 0 Å². The number of alkyl halides is 1. The second kappa shape index (κ2) is 5.15. The van der Waals surface area contributed by atoms with Crippen molar-refractivity contribution in [1.29, 1.82) is 5.26 Å². The maximum atomic E-state index is 12.1. The normalized spacial score (nSPS) is 19.1. The molecule has 4 nitrogen and oxygen atoms in total. The lowest BCUT2D eigenvalue weighted by atomic mass is 10.2. The lowest BCUT2D eigenvalue weighted by Gasteiger charge is -2.22. The smallest absolute Gasteiger partial charge is 0.272 e. The molecule has 1 aromatic rings. The number of hydrogen-bond acceptors (Lipinski definition) is 3. The fourth-order valence-electron chi connectivity index (χ4n) is 2.00. The average molecular weight is 250 g/mol. The summed E-state index contributed by atoms with van der Waals surface area (Å²) >= 11 is 5.82. The van der Waals surface area contributed by atoms with Gasteiger partial charge >= 0.3 is 0 Å². The number of nitrogens with zero attached hydrogens (tertiary/aromatic N) is 3. The van der Waals surface area contributed by atoms with E-state index in [1.165, 1.54) is 6.20 Å². The van der Waals surface area contributed by atoms with E-state index in [9.17, 15) is 4.79 Å². The van der Waals surface area contributed by atoms with Gasteiger partial charge in [-0.3, -0.25) is 4.79 Å². The molecule has 1 atom stereocenters. The number of rotatable bonds is 2. The number of carbonyl (C=O) groups is 1. The summed E-state index contributed by atoms with van der Waals surface area (Å²) in [5.74, 6) is 0.361. The Morgan fingerprint density at radius 2 is 2.47 bits per heavy atom. The first-order valence-electron chi connectivity index (χ1n) is 5.49. The van der Waals surface area contributed by atoms with Gasteiger partial charge in [0.15, 0.2) is 0 Å². The summed E-state index contributed by atoms with van der Waals surface area (Å²) in [5, 5.41) is 8.66. The Bertz CT molecular complexity index is 452. The summed E-state index contributed by atoms with van der Waals surface area (Å²) in [7, 11) is 0. The minimum Gasteiger partial charge on any atom is -0.333 e. The van der Waals surface area contributed by atoms with E-state index in [-0.39, 0.29) is 11.9 Å². The molecule has 0 radical (unpaired) electrons. The van der Waals surface area contributed by atoms with Gasteiger partial charge in [0, 0.05) is 24.7 Å². The average Bonchev–Trinajstić information content (AvgIpc) is 2.86. The van der Waals surface area contributed by atoms with Crippen molar-refractivity contribution in [3.8, 4) is 6.07 Å². The Labute approximate surface area is 105 Å². The van der Waals surface area contributed by atoms with E-state index < -0.39 is 0 Å². The van der Waals surface area contributed by atoms with Crippen LogP contribution in [0, 0.1) is 11.3 Å². The van der Waals surface area contributed by atoms with E-state index >= 15 is 0 Å². The Morgan fingerprint density at radius 1 is 1.65 bits per heavy atom. The van der Waals surface area contributed by atoms with Crippen molar-refractivity contribution in [1.82, 2.24) is 9.88 Å². The van der Waals surface area contributed by atoms with Gasteiger partial charge in [0.2, 0.25) is 0 Å². The summed E-state index contributed by atoms with van der Waals surface area (Å²) < 4.78 is 0. The SMILES string of the molecule is N#Cc1ccc(C(=O)N2CCCC2CCl)nc1. The van der Waals surface area contributed by atoms with Gasteiger partial charge in [-0.15, -0.1) is 11.6 Å². The molecule has 1 aromatic heterocycles. The molecule has 5 heteroatoms. The molecule has 1 unspecified atom stereocenters. The van der Waals surface area contributed by atoms with Gasteiger partial charge < -0.3 is 4.90 Å². The maximum absolute atomic E-state index is 12.1. The predicted molar refractivity (Wildman–Crippen MR) is 63.7 cm³/mol. The zero-order valence-electron chi connectivity index (χ0n) is 9.27. The zero-order chi connectivity index (χ0) is 12.3. The minimum absolute atomic E-state index is 0.0994. The van der Waals surface area contributed by atoms with Crippen LogP contribution in [-0.4, -0.2) is 34.3 Å². The fourth-order valence-corrected chi connectivity index (χ4v) is 2.32. The molecule has 0 N–H and O–H groups in total. The molecule has 2 heterocycles. The van der Waals surface area contributed by atoms with Crippen LogP contribution in [0.25, 0.3) is 0 Å². The third-order valence-corrected chi connectivity index (χ3v) is 3.28. The molecule has 17 heavy (non-hydrogen) atoms. The van der Waals surface area contributed by atoms with Crippen LogP contribution in [-0.2, 0) is 0 Å². The Morgan fingerprint density at radius 3 is 3.06 bits per heavy atom. The molecule has 0 aromatic carbocycles. The molecule has 88 valence electrons. The van der Waals surface area contributed by atoms with E-state index in [1.54, 1.807) is 17.0 Å². The van der Waals surface area contributed by atoms with E-state index in [1.807, 2.05) is 6.07 Å². The van der Waals surface area contributed by atoms with E-state index in [0.717, 1.165) is 19.4 Å². The van der Waals surface area contributed by atoms with Crippen LogP contribution >= 0.6 is 11.6 Å². The monoisotopic (exact) mass is 249 g/mol. The van der Waals surface area contributed by atoms with Gasteiger partial charge in [0.05, 0.1) is 5.56 Å². The second-order valence-electron chi connectivity index (χ2n) is 3.99. The van der Waals surface area contributed by atoms with Crippen molar-refractivity contribution in [3.05, 3.63) is 29.6 Å². The molecule has 1 aliphatic heterocycles. The van der Waals surface area contributed by atoms with Crippen LogP contribution < -0.4 is 0 Å². The summed E-state index contributed by atoms with van der Waals surface area (Å²) in [6, 6.07) is 5.28. The van der Waals surface area contributed by atoms with Gasteiger partial charge in [-0.05, 0) is 25.0 Å². The molecule has 0 saturated carbocycles. The van der Waals surface area contributed by atoms with Crippen LogP contribution in [0.5, 0.6) is 0 Å². The Hall–Kier alpha value is -1.60. The third-order valence-electron chi connectivity index (χ3n) is 2.93. The molecule has 2 rings (SSSR count). The molecule has 1 aliphatic rings. The Balaban J connectivity index is 2.16. The van der Waals surface area contributed by atoms with Crippen LogP contribution in [0.2, 0.25) is 0 Å². The zero-order valence-corrected chi connectivity index (χ0v) is 10.0. The molecule has 1 fully saturated rings. The third kappa shape index (κ3) is 2.40. The lowest BCUT2D eigenvalue weighted by Crippen LogP contribution is -2.36. The van der Waals surface area contributed by atoms with Gasteiger partial charge in [0.1, 0.15) is 11.8 Å². The topological polar surface area (TPSA) is 57.0 Å². The van der Waals surface area contributed by atoms with Crippen molar-refractivity contribution in [2.75, 3.05) is 12.4 Å². The quantitative estimate of drug-likeness (QED) is 0.751. The first-order chi connectivity index (χ1) is 8.26. The number of nitriles is 1. The first kappa shape index (κ1) is 11.9. The molecule has 0 bridgehead atoms. The van der Waals surface area contributed by atoms with E-state index in [4.69, 9.17) is 16.9 Å². The Kier molecular flexibility index (Phi) is 3.60. The van der Waals surface area contributed by atoms with Crippen molar-refractivity contribution in [2.45, 2.75) is 18.9 Å². The lowest BCUT2D eigenvalue weighted by molar-refractivity contribution is 0.0743. The highest BCUT2D eigenvalue weighted by atomic mass is 35.5. The largest absolute Gasteiger partial charge is 0.333 e. The highest BCUT2D eigenvalue weighted by Crippen LogP contribution is 2.20. The van der Waals surface area contributed by atoms with Gasteiger partial charge in [-0.1, -0.05) is 0 Å². The van der Waals surface area contributed by atoms with Crippen LogP contribution in [0.1, 0.15) is 28.9 Å². The standard InChI is InChI=1S/C12H12ClN3O/c13-6-10-2-1-5-16(10)12(17)11-4-3-9(7-14)8-15-11/h3-4,8,10H,1-2,5-6H2. The number of likely N-dealkylation sites (tertiary alicyclic amines) is 1. The first-order valence-corrected chi connectivity index (χ1v) is 6.03. The number of pyridine rings is 1. The highest BCUT2D eigenvalue weighted by Gasteiger charge is 2.29.